The molecule has 0 saturated carbocycles. The lowest BCUT2D eigenvalue weighted by molar-refractivity contribution is 0.592. The van der Waals surface area contributed by atoms with Gasteiger partial charge < -0.3 is 5.73 Å². The molecule has 0 fully saturated rings. The van der Waals surface area contributed by atoms with Gasteiger partial charge in [0.05, 0.1) is 10.6 Å². The molecule has 2 unspecified atom stereocenters. The van der Waals surface area contributed by atoms with Crippen molar-refractivity contribution in [3.05, 3.63) is 77.7 Å². The first kappa shape index (κ1) is 19.8. The number of pyridine rings is 1. The topological polar surface area (TPSA) is 71.6 Å². The predicted molar refractivity (Wildman–Crippen MR) is 126 cm³/mol. The molecule has 0 aliphatic carbocycles. The van der Waals surface area contributed by atoms with E-state index < -0.39 is 17.0 Å². The van der Waals surface area contributed by atoms with E-state index in [0.717, 1.165) is 27.0 Å². The standard InChI is InChI=1S/C23H19FN4OS2/c1-28-23(25)27-19(13-31(28)29)22-20(24)18-4-2-3-17(21(18)30-22)16-7-5-14(6-8-16)15-9-11-26-12-10-15/h2-12,19H,13H2,1H3,(H2,25,27). The summed E-state index contributed by atoms with van der Waals surface area (Å²) >= 11 is 1.36. The van der Waals surface area contributed by atoms with Gasteiger partial charge in [-0.15, -0.1) is 11.3 Å². The van der Waals surface area contributed by atoms with Crippen LogP contribution in [-0.4, -0.2) is 32.3 Å². The van der Waals surface area contributed by atoms with E-state index in [2.05, 4.69) is 22.1 Å². The van der Waals surface area contributed by atoms with Crippen molar-refractivity contribution in [2.45, 2.75) is 6.04 Å². The minimum absolute atomic E-state index is 0.165. The van der Waals surface area contributed by atoms with Crippen LogP contribution in [0.5, 0.6) is 0 Å². The maximum absolute atomic E-state index is 15.3. The fourth-order valence-corrected chi connectivity index (χ4v) is 6.05. The molecule has 0 radical (unpaired) electrons. The first-order chi connectivity index (χ1) is 15.0. The second-order valence-electron chi connectivity index (χ2n) is 7.26. The average molecular weight is 451 g/mol. The summed E-state index contributed by atoms with van der Waals surface area (Å²) in [4.78, 5) is 8.91. The third kappa shape index (κ3) is 3.51. The lowest BCUT2D eigenvalue weighted by Gasteiger charge is -2.25. The minimum atomic E-state index is -1.32. The summed E-state index contributed by atoms with van der Waals surface area (Å²) in [6.07, 6.45) is 3.54. The minimum Gasteiger partial charge on any atom is -0.369 e. The van der Waals surface area contributed by atoms with E-state index in [1.165, 1.54) is 15.6 Å². The van der Waals surface area contributed by atoms with Crippen LogP contribution in [0.1, 0.15) is 10.9 Å². The molecule has 156 valence electrons. The number of hydrogen-bond donors (Lipinski definition) is 1. The van der Waals surface area contributed by atoms with Gasteiger partial charge >= 0.3 is 0 Å². The van der Waals surface area contributed by atoms with Gasteiger partial charge in [-0.25, -0.2) is 13.6 Å². The summed E-state index contributed by atoms with van der Waals surface area (Å²) in [7, 11) is 0.300. The molecule has 2 N–H and O–H groups in total. The van der Waals surface area contributed by atoms with Crippen molar-refractivity contribution < 1.29 is 8.60 Å². The summed E-state index contributed by atoms with van der Waals surface area (Å²) in [5, 5.41) is 0.550. The molecule has 1 aliphatic heterocycles. The molecule has 0 spiro atoms. The quantitative estimate of drug-likeness (QED) is 0.490. The van der Waals surface area contributed by atoms with Crippen LogP contribution in [0.4, 0.5) is 4.39 Å². The third-order valence-electron chi connectivity index (χ3n) is 5.41. The number of hydrogen-bond acceptors (Lipinski definition) is 5. The lowest BCUT2D eigenvalue weighted by atomic mass is 10.00. The molecule has 0 bridgehead atoms. The number of thiophene rings is 1. The molecule has 3 heterocycles. The second-order valence-corrected chi connectivity index (χ2v) is 9.84. The number of halogens is 1. The zero-order valence-corrected chi connectivity index (χ0v) is 18.3. The van der Waals surface area contributed by atoms with Crippen LogP contribution in [0.15, 0.2) is 72.0 Å². The largest absolute Gasteiger partial charge is 0.369 e. The molecule has 2 aromatic heterocycles. The van der Waals surface area contributed by atoms with Gasteiger partial charge in [0, 0.05) is 29.5 Å². The van der Waals surface area contributed by atoms with Crippen LogP contribution in [-0.2, 0) is 11.0 Å². The summed E-state index contributed by atoms with van der Waals surface area (Å²) in [6, 6.07) is 17.2. The van der Waals surface area contributed by atoms with E-state index in [0.29, 0.717) is 10.3 Å². The zero-order chi connectivity index (χ0) is 21.5. The third-order valence-corrected chi connectivity index (χ3v) is 8.12. The zero-order valence-electron chi connectivity index (χ0n) is 16.7. The Hall–Kier alpha value is -3.10. The van der Waals surface area contributed by atoms with Crippen molar-refractivity contribution >= 4 is 38.4 Å². The van der Waals surface area contributed by atoms with E-state index >= 15 is 4.39 Å². The fourth-order valence-electron chi connectivity index (χ4n) is 3.70. The molecular weight excluding hydrogens is 431 g/mol. The average Bonchev–Trinajstić information content (AvgIpc) is 3.14. The Bertz CT molecular complexity index is 1320. The maximum atomic E-state index is 15.3. The first-order valence-electron chi connectivity index (χ1n) is 9.70. The fraction of sp³-hybridized carbons (Fsp3) is 0.130. The highest BCUT2D eigenvalue weighted by Crippen LogP contribution is 2.41. The number of fused-ring (bicyclic) bond motifs is 1. The number of benzene rings is 2. The Labute approximate surface area is 185 Å². The van der Waals surface area contributed by atoms with Crippen molar-refractivity contribution in [2.75, 3.05) is 12.8 Å². The molecule has 5 rings (SSSR count). The normalized spacial score (nSPS) is 18.9. The molecule has 0 amide bonds. The van der Waals surface area contributed by atoms with Crippen molar-refractivity contribution in [1.82, 2.24) is 9.29 Å². The van der Waals surface area contributed by atoms with Crippen LogP contribution < -0.4 is 5.73 Å². The van der Waals surface area contributed by atoms with Gasteiger partial charge in [-0.3, -0.25) is 9.29 Å². The van der Waals surface area contributed by atoms with Crippen molar-refractivity contribution in [3.63, 3.8) is 0 Å². The van der Waals surface area contributed by atoms with E-state index in [1.54, 1.807) is 25.5 Å². The Morgan fingerprint density at radius 3 is 2.45 bits per heavy atom. The van der Waals surface area contributed by atoms with E-state index in [4.69, 9.17) is 5.73 Å². The van der Waals surface area contributed by atoms with Crippen LogP contribution in [0, 0.1) is 5.82 Å². The van der Waals surface area contributed by atoms with Gasteiger partial charge in [-0.2, -0.15) is 0 Å². The molecule has 0 saturated heterocycles. The van der Waals surface area contributed by atoms with E-state index in [-0.39, 0.29) is 17.5 Å². The summed E-state index contributed by atoms with van der Waals surface area (Å²) in [5.74, 6) is 0.0772. The smallest absolute Gasteiger partial charge is 0.203 e. The summed E-state index contributed by atoms with van der Waals surface area (Å²) < 4.78 is 29.9. The number of nitrogens with two attached hydrogens (primary N) is 1. The van der Waals surface area contributed by atoms with Crippen LogP contribution in [0.3, 0.4) is 0 Å². The van der Waals surface area contributed by atoms with Crippen molar-refractivity contribution in [1.29, 1.82) is 0 Å². The number of guanidine groups is 1. The molecular formula is C23H19FN4OS2. The van der Waals surface area contributed by atoms with Gasteiger partial charge in [0.15, 0.2) is 0 Å². The van der Waals surface area contributed by atoms with Crippen LogP contribution >= 0.6 is 11.3 Å². The number of rotatable bonds is 3. The highest BCUT2D eigenvalue weighted by Gasteiger charge is 2.29. The van der Waals surface area contributed by atoms with Gasteiger partial charge in [0.25, 0.3) is 0 Å². The number of nitrogens with zero attached hydrogens (tertiary/aromatic N) is 3. The molecule has 5 nitrogen and oxygen atoms in total. The molecule has 1 aliphatic rings. The first-order valence-corrected chi connectivity index (χ1v) is 11.8. The van der Waals surface area contributed by atoms with E-state index in [1.807, 2.05) is 36.4 Å². The number of aromatic nitrogens is 1. The van der Waals surface area contributed by atoms with E-state index in [9.17, 15) is 4.21 Å². The Balaban J connectivity index is 1.57. The summed E-state index contributed by atoms with van der Waals surface area (Å²) in [5.41, 5.74) is 10.0. The Morgan fingerprint density at radius 2 is 1.74 bits per heavy atom. The molecule has 2 atom stereocenters. The summed E-state index contributed by atoms with van der Waals surface area (Å²) in [6.45, 7) is 0. The SMILES string of the molecule is CN1C(N)=NC(c2sc3c(-c4ccc(-c5ccncc5)cc4)cccc3c2F)CS1=O. The highest BCUT2D eigenvalue weighted by molar-refractivity contribution is 7.83. The lowest BCUT2D eigenvalue weighted by Crippen LogP contribution is -2.41. The van der Waals surface area contributed by atoms with Crippen LogP contribution in [0.25, 0.3) is 32.3 Å². The van der Waals surface area contributed by atoms with Gasteiger partial charge in [0.2, 0.25) is 5.96 Å². The predicted octanol–water partition coefficient (Wildman–Crippen LogP) is 4.73. The van der Waals surface area contributed by atoms with Gasteiger partial charge in [-0.1, -0.05) is 42.5 Å². The Morgan fingerprint density at radius 1 is 1.06 bits per heavy atom. The monoisotopic (exact) mass is 450 g/mol. The van der Waals surface area contributed by atoms with Crippen LogP contribution in [0.2, 0.25) is 0 Å². The maximum Gasteiger partial charge on any atom is 0.203 e. The number of aliphatic imine (C=N–C) groups is 1. The molecule has 31 heavy (non-hydrogen) atoms. The van der Waals surface area contributed by atoms with Gasteiger partial charge in [0.1, 0.15) is 22.8 Å². The second kappa shape index (κ2) is 7.86. The van der Waals surface area contributed by atoms with Crippen molar-refractivity contribution in [2.24, 2.45) is 10.7 Å². The molecule has 2 aromatic carbocycles. The molecule has 4 aromatic rings. The van der Waals surface area contributed by atoms with Crippen molar-refractivity contribution in [3.8, 4) is 22.3 Å². The Kier molecular flexibility index (Phi) is 5.03. The van der Waals surface area contributed by atoms with Gasteiger partial charge in [-0.05, 0) is 34.4 Å². The highest BCUT2D eigenvalue weighted by atomic mass is 32.2. The molecule has 8 heteroatoms.